The van der Waals surface area contributed by atoms with Crippen molar-refractivity contribution in [3.63, 3.8) is 0 Å². The Kier molecular flexibility index (Phi) is 5.51. The highest BCUT2D eigenvalue weighted by atomic mass is 35.5. The van der Waals surface area contributed by atoms with Crippen molar-refractivity contribution >= 4 is 22.6 Å². The second-order valence-electron chi connectivity index (χ2n) is 7.57. The smallest absolute Gasteiger partial charge is 0.450 e. The molecule has 1 saturated heterocycles. The molecule has 4 nitrogen and oxygen atoms in total. The molecule has 8 heteroatoms. The molecule has 0 amide bonds. The number of rotatable bonds is 3. The van der Waals surface area contributed by atoms with Gasteiger partial charge in [0.05, 0.1) is 29.6 Å². The number of phenols is 1. The van der Waals surface area contributed by atoms with Crippen LogP contribution in [0, 0.1) is 0 Å². The number of aromatic hydroxyl groups is 1. The van der Waals surface area contributed by atoms with Crippen molar-refractivity contribution in [2.24, 2.45) is 0 Å². The van der Waals surface area contributed by atoms with Gasteiger partial charge in [-0.2, -0.15) is 13.2 Å². The third-order valence-corrected chi connectivity index (χ3v) is 5.73. The summed E-state index contributed by atoms with van der Waals surface area (Å²) in [7, 11) is 0. The minimum atomic E-state index is -4.90. The van der Waals surface area contributed by atoms with Crippen molar-refractivity contribution in [3.8, 4) is 16.9 Å². The van der Waals surface area contributed by atoms with Crippen molar-refractivity contribution in [3.05, 3.63) is 63.0 Å². The quantitative estimate of drug-likeness (QED) is 0.637. The standard InChI is InChI=1S/C22H19ClF3NO3/c23-14-6-4-5-13(11-14)18-19(29)15-7-8-17(28)16(12-27-9-2-1-3-10-27)20(15)30-21(18)22(24,25)26/h4-8,11,28H,1-3,9-10,12H2/p+1. The van der Waals surface area contributed by atoms with Gasteiger partial charge in [0.2, 0.25) is 11.2 Å². The third kappa shape index (κ3) is 3.91. The van der Waals surface area contributed by atoms with Gasteiger partial charge >= 0.3 is 6.18 Å². The number of hydrogen-bond donors (Lipinski definition) is 2. The highest BCUT2D eigenvalue weighted by molar-refractivity contribution is 6.30. The second kappa shape index (κ2) is 7.96. The molecule has 0 saturated carbocycles. The van der Waals surface area contributed by atoms with Gasteiger partial charge in [-0.15, -0.1) is 0 Å². The zero-order valence-corrected chi connectivity index (χ0v) is 16.7. The molecule has 0 unspecified atom stereocenters. The van der Waals surface area contributed by atoms with Crippen molar-refractivity contribution in [2.45, 2.75) is 32.0 Å². The van der Waals surface area contributed by atoms with Crippen LogP contribution in [-0.4, -0.2) is 18.2 Å². The summed E-state index contributed by atoms with van der Waals surface area (Å²) in [6.07, 6.45) is -1.76. The molecule has 2 aromatic carbocycles. The van der Waals surface area contributed by atoms with Gasteiger partial charge in [-0.05, 0) is 49.1 Å². The Morgan fingerprint density at radius 1 is 1.10 bits per heavy atom. The Morgan fingerprint density at radius 2 is 1.83 bits per heavy atom. The first-order valence-electron chi connectivity index (χ1n) is 9.74. The number of piperidine rings is 1. The van der Waals surface area contributed by atoms with Crippen molar-refractivity contribution in [1.82, 2.24) is 0 Å². The average Bonchev–Trinajstić information content (AvgIpc) is 2.70. The molecule has 2 heterocycles. The predicted octanol–water partition coefficient (Wildman–Crippen LogP) is 4.41. The van der Waals surface area contributed by atoms with E-state index in [-0.39, 0.29) is 32.9 Å². The number of phenolic OH excluding ortho intramolecular Hbond substituents is 1. The van der Waals surface area contributed by atoms with E-state index in [9.17, 15) is 23.1 Å². The molecule has 30 heavy (non-hydrogen) atoms. The van der Waals surface area contributed by atoms with Gasteiger partial charge < -0.3 is 14.4 Å². The summed E-state index contributed by atoms with van der Waals surface area (Å²) in [4.78, 5) is 14.3. The first-order valence-corrected chi connectivity index (χ1v) is 10.1. The Morgan fingerprint density at radius 3 is 2.50 bits per heavy atom. The number of hydrogen-bond acceptors (Lipinski definition) is 3. The largest absolute Gasteiger partial charge is 0.507 e. The van der Waals surface area contributed by atoms with Gasteiger partial charge in [-0.3, -0.25) is 4.79 Å². The number of halogens is 4. The van der Waals surface area contributed by atoms with Crippen molar-refractivity contribution in [2.75, 3.05) is 13.1 Å². The third-order valence-electron chi connectivity index (χ3n) is 5.50. The van der Waals surface area contributed by atoms with Crippen molar-refractivity contribution in [1.29, 1.82) is 0 Å². The van der Waals surface area contributed by atoms with E-state index in [1.54, 1.807) is 0 Å². The van der Waals surface area contributed by atoms with Gasteiger partial charge in [0, 0.05) is 5.02 Å². The van der Waals surface area contributed by atoms with Crippen LogP contribution in [0.4, 0.5) is 13.2 Å². The first kappa shape index (κ1) is 20.8. The van der Waals surface area contributed by atoms with Crippen LogP contribution in [0.1, 0.15) is 30.6 Å². The SMILES string of the molecule is O=c1c(-c2cccc(Cl)c2)c(C(F)(F)F)oc2c(C[NH+]3CCCCC3)c(O)ccc12. The van der Waals surface area contributed by atoms with Crippen LogP contribution in [0.25, 0.3) is 22.1 Å². The van der Waals surface area contributed by atoms with E-state index in [0.717, 1.165) is 37.3 Å². The van der Waals surface area contributed by atoms with Crippen LogP contribution < -0.4 is 10.3 Å². The van der Waals surface area contributed by atoms with E-state index in [1.807, 2.05) is 0 Å². The van der Waals surface area contributed by atoms with Gasteiger partial charge in [0.25, 0.3) is 0 Å². The van der Waals surface area contributed by atoms with Crippen LogP contribution in [0.5, 0.6) is 5.75 Å². The maximum absolute atomic E-state index is 13.9. The van der Waals surface area contributed by atoms with Gasteiger partial charge in [0.15, 0.2) is 5.58 Å². The Labute approximate surface area is 175 Å². The molecule has 1 aliphatic heterocycles. The van der Waals surface area contributed by atoms with E-state index in [4.69, 9.17) is 16.0 Å². The molecule has 0 bridgehead atoms. The molecule has 2 N–H and O–H groups in total. The molecule has 1 aromatic heterocycles. The average molecular weight is 439 g/mol. The summed E-state index contributed by atoms with van der Waals surface area (Å²) in [5, 5.41) is 10.6. The fourth-order valence-corrected chi connectivity index (χ4v) is 4.25. The normalized spacial score (nSPS) is 15.6. The molecule has 158 valence electrons. The molecule has 4 rings (SSSR count). The van der Waals surface area contributed by atoms with E-state index in [0.29, 0.717) is 6.54 Å². The zero-order valence-electron chi connectivity index (χ0n) is 16.0. The topological polar surface area (TPSA) is 54.9 Å². The molecule has 0 spiro atoms. The summed E-state index contributed by atoms with van der Waals surface area (Å²) >= 11 is 5.94. The van der Waals surface area contributed by atoms with E-state index < -0.39 is 22.9 Å². The summed E-state index contributed by atoms with van der Waals surface area (Å²) in [6, 6.07) is 8.32. The number of nitrogens with one attached hydrogen (secondary N) is 1. The van der Waals surface area contributed by atoms with Crippen LogP contribution in [0.15, 0.2) is 45.6 Å². The molecular weight excluding hydrogens is 419 g/mol. The van der Waals surface area contributed by atoms with Crippen LogP contribution in [0.2, 0.25) is 5.02 Å². The molecule has 3 aromatic rings. The minimum Gasteiger partial charge on any atom is -0.507 e. The number of quaternary nitrogens is 1. The summed E-state index contributed by atoms with van der Waals surface area (Å²) in [5.41, 5.74) is -1.34. The maximum atomic E-state index is 13.9. The second-order valence-corrected chi connectivity index (χ2v) is 8.01. The molecule has 0 atom stereocenters. The summed E-state index contributed by atoms with van der Waals surface area (Å²) in [5.74, 6) is -1.56. The van der Waals surface area contributed by atoms with Crippen LogP contribution in [0.3, 0.4) is 0 Å². The molecule has 1 fully saturated rings. The molecular formula is C22H20ClF3NO3+. The number of benzene rings is 2. The fourth-order valence-electron chi connectivity index (χ4n) is 4.06. The number of fused-ring (bicyclic) bond motifs is 1. The van der Waals surface area contributed by atoms with Gasteiger partial charge in [-0.1, -0.05) is 23.7 Å². The highest BCUT2D eigenvalue weighted by Gasteiger charge is 2.40. The molecule has 0 aliphatic carbocycles. The molecule has 1 aliphatic rings. The van der Waals surface area contributed by atoms with Crippen molar-refractivity contribution < 1.29 is 27.6 Å². The molecule has 0 radical (unpaired) electrons. The van der Waals surface area contributed by atoms with E-state index in [2.05, 4.69) is 0 Å². The van der Waals surface area contributed by atoms with E-state index >= 15 is 0 Å². The lowest BCUT2D eigenvalue weighted by molar-refractivity contribution is -0.918. The minimum absolute atomic E-state index is 0.00202. The lowest BCUT2D eigenvalue weighted by atomic mass is 10.00. The predicted molar refractivity (Wildman–Crippen MR) is 108 cm³/mol. The zero-order chi connectivity index (χ0) is 21.5. The number of likely N-dealkylation sites (tertiary alicyclic amines) is 1. The number of alkyl halides is 3. The highest BCUT2D eigenvalue weighted by Crippen LogP contribution is 2.39. The summed E-state index contributed by atoms with van der Waals surface area (Å²) in [6.45, 7) is 2.00. The monoisotopic (exact) mass is 438 g/mol. The Bertz CT molecular complexity index is 1150. The van der Waals surface area contributed by atoms with Crippen LogP contribution in [-0.2, 0) is 12.7 Å². The Hall–Kier alpha value is -2.51. The van der Waals surface area contributed by atoms with Crippen LogP contribution >= 0.6 is 11.6 Å². The Balaban J connectivity index is 1.97. The lowest BCUT2D eigenvalue weighted by Gasteiger charge is -2.24. The summed E-state index contributed by atoms with van der Waals surface area (Å²) < 4.78 is 47.0. The maximum Gasteiger partial charge on any atom is 0.450 e. The first-order chi connectivity index (χ1) is 14.3. The lowest BCUT2D eigenvalue weighted by Crippen LogP contribution is -3.11. The van der Waals surface area contributed by atoms with E-state index in [1.165, 1.54) is 36.4 Å². The van der Waals surface area contributed by atoms with Gasteiger partial charge in [0.1, 0.15) is 12.3 Å². The fraction of sp³-hybridized carbons (Fsp3) is 0.318. The van der Waals surface area contributed by atoms with Gasteiger partial charge in [-0.25, -0.2) is 0 Å².